The molecule has 2 nitrogen and oxygen atoms in total. The first-order valence-corrected chi connectivity index (χ1v) is 6.16. The summed E-state index contributed by atoms with van der Waals surface area (Å²) in [6.07, 6.45) is -1.12. The van der Waals surface area contributed by atoms with E-state index in [4.69, 9.17) is 0 Å². The number of nitrogens with zero attached hydrogens (tertiary/aromatic N) is 2. The smallest absolute Gasteiger partial charge is 0.345 e. The largest absolute Gasteiger partial charge is 0.434 e. The minimum Gasteiger partial charge on any atom is -0.345 e. The summed E-state index contributed by atoms with van der Waals surface area (Å²) in [7, 11) is 0. The molecule has 2 heterocycles. The van der Waals surface area contributed by atoms with Crippen molar-refractivity contribution in [3.63, 3.8) is 0 Å². The van der Waals surface area contributed by atoms with Gasteiger partial charge in [0.05, 0.1) is 0 Å². The van der Waals surface area contributed by atoms with E-state index >= 15 is 0 Å². The third kappa shape index (κ3) is 2.31. The molecule has 0 aromatic carbocycles. The number of rotatable bonds is 1. The van der Waals surface area contributed by atoms with Crippen LogP contribution in [0.4, 0.5) is 18.3 Å². The minimum atomic E-state index is -4.33. The van der Waals surface area contributed by atoms with E-state index in [1.807, 2.05) is 11.8 Å². The Morgan fingerprint density at radius 3 is 2.75 bits per heavy atom. The Labute approximate surface area is 96.1 Å². The van der Waals surface area contributed by atoms with Crippen molar-refractivity contribution >= 4 is 16.5 Å². The van der Waals surface area contributed by atoms with Crippen molar-refractivity contribution in [1.82, 2.24) is 4.98 Å². The predicted octanol–water partition coefficient (Wildman–Crippen LogP) is 3.54. The zero-order valence-electron chi connectivity index (χ0n) is 8.92. The van der Waals surface area contributed by atoms with Gasteiger partial charge in [-0.1, -0.05) is 0 Å². The summed E-state index contributed by atoms with van der Waals surface area (Å²) in [4.78, 5) is 5.65. The van der Waals surface area contributed by atoms with E-state index in [1.54, 1.807) is 0 Å². The SMILES string of the molecule is CC1CCCCN1c1nc(C(F)(F)F)cs1. The summed E-state index contributed by atoms with van der Waals surface area (Å²) in [6, 6.07) is 0.293. The molecular formula is C10H13F3N2S. The first-order chi connectivity index (χ1) is 7.48. The molecule has 6 heteroatoms. The Hall–Kier alpha value is -0.780. The molecule has 1 fully saturated rings. The van der Waals surface area contributed by atoms with Crippen LogP contribution in [0.2, 0.25) is 0 Å². The number of halogens is 3. The molecule has 0 spiro atoms. The van der Waals surface area contributed by atoms with E-state index in [9.17, 15) is 13.2 Å². The third-order valence-electron chi connectivity index (χ3n) is 2.83. The van der Waals surface area contributed by atoms with Crippen LogP contribution in [-0.4, -0.2) is 17.6 Å². The number of piperidine rings is 1. The molecule has 2 rings (SSSR count). The summed E-state index contributed by atoms with van der Waals surface area (Å²) in [6.45, 7) is 2.85. The average molecular weight is 250 g/mol. The molecule has 0 bridgehead atoms. The van der Waals surface area contributed by atoms with Gasteiger partial charge in [-0.15, -0.1) is 11.3 Å². The average Bonchev–Trinajstić information content (AvgIpc) is 2.66. The molecule has 0 saturated carbocycles. The van der Waals surface area contributed by atoms with Gasteiger partial charge in [0.2, 0.25) is 0 Å². The number of hydrogen-bond acceptors (Lipinski definition) is 3. The zero-order chi connectivity index (χ0) is 11.8. The molecule has 1 saturated heterocycles. The van der Waals surface area contributed by atoms with Crippen molar-refractivity contribution in [2.75, 3.05) is 11.4 Å². The lowest BCUT2D eigenvalue weighted by molar-refractivity contribution is -0.140. The quantitative estimate of drug-likeness (QED) is 0.757. The van der Waals surface area contributed by atoms with Crippen molar-refractivity contribution in [3.8, 4) is 0 Å². The second-order valence-corrected chi connectivity index (χ2v) is 4.89. The fourth-order valence-corrected chi connectivity index (χ4v) is 2.87. The number of alkyl halides is 3. The maximum absolute atomic E-state index is 12.4. The third-order valence-corrected chi connectivity index (χ3v) is 3.71. The van der Waals surface area contributed by atoms with E-state index < -0.39 is 11.9 Å². The molecule has 0 N–H and O–H groups in total. The standard InChI is InChI=1S/C10H13F3N2S/c1-7-4-2-3-5-15(7)9-14-8(6-16-9)10(11,12)13/h6-7H,2-5H2,1H3. The number of aromatic nitrogens is 1. The fraction of sp³-hybridized carbons (Fsp3) is 0.700. The summed E-state index contributed by atoms with van der Waals surface area (Å²) in [5.41, 5.74) is -0.773. The maximum Gasteiger partial charge on any atom is 0.434 e. The molecule has 0 amide bonds. The molecule has 90 valence electrons. The van der Waals surface area contributed by atoms with Gasteiger partial charge in [-0.25, -0.2) is 4.98 Å². The lowest BCUT2D eigenvalue weighted by Crippen LogP contribution is -2.37. The highest BCUT2D eigenvalue weighted by Gasteiger charge is 2.34. The van der Waals surface area contributed by atoms with Crippen LogP contribution in [0.25, 0.3) is 0 Å². The highest BCUT2D eigenvalue weighted by atomic mass is 32.1. The monoisotopic (exact) mass is 250 g/mol. The maximum atomic E-state index is 12.4. The van der Waals surface area contributed by atoms with Crippen LogP contribution in [0.1, 0.15) is 31.9 Å². The molecule has 1 aliphatic rings. The van der Waals surface area contributed by atoms with Gasteiger partial charge in [0, 0.05) is 18.0 Å². The van der Waals surface area contributed by atoms with E-state index in [1.165, 1.54) is 0 Å². The number of thiazole rings is 1. The highest BCUT2D eigenvalue weighted by Crippen LogP contribution is 2.34. The van der Waals surface area contributed by atoms with Crippen LogP contribution in [0.15, 0.2) is 5.38 Å². The summed E-state index contributed by atoms with van der Waals surface area (Å²) < 4.78 is 37.2. The van der Waals surface area contributed by atoms with Crippen molar-refractivity contribution in [1.29, 1.82) is 0 Å². The molecule has 0 radical (unpaired) electrons. The summed E-state index contributed by atoms with van der Waals surface area (Å²) in [5, 5.41) is 1.59. The highest BCUT2D eigenvalue weighted by molar-refractivity contribution is 7.13. The molecule has 1 unspecified atom stereocenters. The van der Waals surface area contributed by atoms with E-state index in [-0.39, 0.29) is 0 Å². The predicted molar refractivity (Wildman–Crippen MR) is 57.8 cm³/mol. The molecule has 16 heavy (non-hydrogen) atoms. The van der Waals surface area contributed by atoms with Crippen LogP contribution in [0, 0.1) is 0 Å². The molecular weight excluding hydrogens is 237 g/mol. The second-order valence-electron chi connectivity index (χ2n) is 4.05. The van der Waals surface area contributed by atoms with E-state index in [0.717, 1.165) is 42.5 Å². The summed E-state index contributed by atoms with van der Waals surface area (Å²) >= 11 is 1.08. The Balaban J connectivity index is 2.18. The van der Waals surface area contributed by atoms with Crippen LogP contribution in [0.5, 0.6) is 0 Å². The van der Waals surface area contributed by atoms with Gasteiger partial charge in [0.15, 0.2) is 10.8 Å². The van der Waals surface area contributed by atoms with Gasteiger partial charge >= 0.3 is 6.18 Å². The fourth-order valence-electron chi connectivity index (χ4n) is 1.91. The molecule has 0 aliphatic carbocycles. The molecule has 1 aliphatic heterocycles. The first kappa shape index (κ1) is 11.7. The van der Waals surface area contributed by atoms with E-state index in [0.29, 0.717) is 11.2 Å². The number of hydrogen-bond donors (Lipinski definition) is 0. The van der Waals surface area contributed by atoms with Crippen molar-refractivity contribution in [2.24, 2.45) is 0 Å². The zero-order valence-corrected chi connectivity index (χ0v) is 9.74. The van der Waals surface area contributed by atoms with Crippen LogP contribution < -0.4 is 4.90 Å². The van der Waals surface area contributed by atoms with Gasteiger partial charge in [-0.05, 0) is 26.2 Å². The normalized spacial score (nSPS) is 22.5. The lowest BCUT2D eigenvalue weighted by Gasteiger charge is -2.33. The van der Waals surface area contributed by atoms with Gasteiger partial charge < -0.3 is 4.90 Å². The number of anilines is 1. The lowest BCUT2D eigenvalue weighted by atomic mass is 10.1. The van der Waals surface area contributed by atoms with Crippen molar-refractivity contribution < 1.29 is 13.2 Å². The Morgan fingerprint density at radius 1 is 1.44 bits per heavy atom. The van der Waals surface area contributed by atoms with Crippen LogP contribution in [0.3, 0.4) is 0 Å². The topological polar surface area (TPSA) is 16.1 Å². The first-order valence-electron chi connectivity index (χ1n) is 5.28. The second kappa shape index (κ2) is 4.24. The summed E-state index contributed by atoms with van der Waals surface area (Å²) in [5.74, 6) is 0. The van der Waals surface area contributed by atoms with Gasteiger partial charge in [0.25, 0.3) is 0 Å². The Bertz CT molecular complexity index is 361. The van der Waals surface area contributed by atoms with Crippen LogP contribution >= 0.6 is 11.3 Å². The minimum absolute atomic E-state index is 0.293. The molecule has 1 aromatic rings. The van der Waals surface area contributed by atoms with Crippen molar-refractivity contribution in [2.45, 2.75) is 38.4 Å². The molecule has 1 aromatic heterocycles. The van der Waals surface area contributed by atoms with Crippen LogP contribution in [-0.2, 0) is 6.18 Å². The Morgan fingerprint density at radius 2 is 2.19 bits per heavy atom. The molecule has 1 atom stereocenters. The van der Waals surface area contributed by atoms with Gasteiger partial charge in [0.1, 0.15) is 0 Å². The van der Waals surface area contributed by atoms with Gasteiger partial charge in [-0.2, -0.15) is 13.2 Å². The van der Waals surface area contributed by atoms with E-state index in [2.05, 4.69) is 4.98 Å². The van der Waals surface area contributed by atoms with Gasteiger partial charge in [-0.3, -0.25) is 0 Å². The Kier molecular flexibility index (Phi) is 3.10. The van der Waals surface area contributed by atoms with Crippen molar-refractivity contribution in [3.05, 3.63) is 11.1 Å².